The molecule has 104 valence electrons. The first-order valence-corrected chi connectivity index (χ1v) is 7.34. The van der Waals surface area contributed by atoms with Crippen LogP contribution in [0.3, 0.4) is 0 Å². The topological polar surface area (TPSA) is 44.3 Å². The zero-order chi connectivity index (χ0) is 13.8. The van der Waals surface area contributed by atoms with Gasteiger partial charge in [-0.2, -0.15) is 0 Å². The van der Waals surface area contributed by atoms with Gasteiger partial charge in [0.15, 0.2) is 5.11 Å². The first-order valence-electron chi connectivity index (χ1n) is 6.93. The van der Waals surface area contributed by atoms with Gasteiger partial charge in [-0.15, -0.1) is 0 Å². The lowest BCUT2D eigenvalue weighted by Gasteiger charge is -2.30. The van der Waals surface area contributed by atoms with Crippen molar-refractivity contribution in [3.8, 4) is 5.75 Å². The van der Waals surface area contributed by atoms with Crippen molar-refractivity contribution in [1.29, 1.82) is 0 Å². The standard InChI is InChI=1S/C15H22N2OS/c1-10-7-8-13(14(18)9-10)17-15(19)16-12-6-4-3-5-11(12)2/h7-9,11-12,18H,3-6H2,1-2H3,(H2,16,17,19). The van der Waals surface area contributed by atoms with Crippen molar-refractivity contribution in [3.05, 3.63) is 23.8 Å². The number of nitrogens with one attached hydrogen (secondary N) is 2. The molecular formula is C15H22N2OS. The molecule has 2 unspecified atom stereocenters. The number of rotatable bonds is 2. The quantitative estimate of drug-likeness (QED) is 0.571. The average Bonchev–Trinajstić information content (AvgIpc) is 2.36. The summed E-state index contributed by atoms with van der Waals surface area (Å²) in [6, 6.07) is 5.98. The van der Waals surface area contributed by atoms with Gasteiger partial charge in [0, 0.05) is 6.04 Å². The van der Waals surface area contributed by atoms with Gasteiger partial charge in [0.1, 0.15) is 5.75 Å². The van der Waals surface area contributed by atoms with Gasteiger partial charge in [-0.1, -0.05) is 25.8 Å². The molecule has 4 heteroatoms. The Bertz CT molecular complexity index is 461. The zero-order valence-electron chi connectivity index (χ0n) is 11.6. The summed E-state index contributed by atoms with van der Waals surface area (Å²) in [5.74, 6) is 0.890. The molecule has 1 aliphatic rings. The fourth-order valence-electron chi connectivity index (χ4n) is 2.60. The second-order valence-corrected chi connectivity index (χ2v) is 5.90. The normalized spacial score (nSPS) is 22.8. The van der Waals surface area contributed by atoms with E-state index in [1.165, 1.54) is 25.7 Å². The van der Waals surface area contributed by atoms with Crippen molar-refractivity contribution in [2.24, 2.45) is 5.92 Å². The molecule has 3 N–H and O–H groups in total. The van der Waals surface area contributed by atoms with E-state index in [2.05, 4.69) is 17.6 Å². The van der Waals surface area contributed by atoms with Crippen LogP contribution >= 0.6 is 12.2 Å². The van der Waals surface area contributed by atoms with Crippen molar-refractivity contribution in [2.45, 2.75) is 45.6 Å². The Balaban J connectivity index is 1.93. The zero-order valence-corrected chi connectivity index (χ0v) is 12.4. The Hall–Kier alpha value is -1.29. The highest BCUT2D eigenvalue weighted by Gasteiger charge is 2.21. The Morgan fingerprint density at radius 3 is 2.74 bits per heavy atom. The third-order valence-electron chi connectivity index (χ3n) is 3.83. The Labute approximate surface area is 120 Å². The summed E-state index contributed by atoms with van der Waals surface area (Å²) >= 11 is 5.33. The lowest BCUT2D eigenvalue weighted by Crippen LogP contribution is -2.43. The Morgan fingerprint density at radius 2 is 2.05 bits per heavy atom. The van der Waals surface area contributed by atoms with Crippen molar-refractivity contribution in [3.63, 3.8) is 0 Å². The SMILES string of the molecule is Cc1ccc(NC(=S)NC2CCCCC2C)c(O)c1. The van der Waals surface area contributed by atoms with Crippen molar-refractivity contribution < 1.29 is 5.11 Å². The minimum atomic E-state index is 0.237. The summed E-state index contributed by atoms with van der Waals surface area (Å²) in [4.78, 5) is 0. The number of benzene rings is 1. The summed E-state index contributed by atoms with van der Waals surface area (Å²) in [5, 5.41) is 16.9. The maximum atomic E-state index is 9.85. The monoisotopic (exact) mass is 278 g/mol. The predicted octanol–water partition coefficient (Wildman–Crippen LogP) is 3.57. The van der Waals surface area contributed by atoms with E-state index in [1.54, 1.807) is 6.07 Å². The van der Waals surface area contributed by atoms with E-state index in [0.717, 1.165) is 5.56 Å². The molecular weight excluding hydrogens is 256 g/mol. The molecule has 1 aromatic carbocycles. The molecule has 0 radical (unpaired) electrons. The fourth-order valence-corrected chi connectivity index (χ4v) is 2.87. The highest BCUT2D eigenvalue weighted by Crippen LogP contribution is 2.25. The van der Waals surface area contributed by atoms with Gasteiger partial charge < -0.3 is 15.7 Å². The van der Waals surface area contributed by atoms with E-state index in [0.29, 0.717) is 22.8 Å². The number of hydrogen-bond acceptors (Lipinski definition) is 2. The first-order chi connectivity index (χ1) is 9.06. The van der Waals surface area contributed by atoms with Crippen LogP contribution in [0.25, 0.3) is 0 Å². The van der Waals surface area contributed by atoms with Gasteiger partial charge in [0.25, 0.3) is 0 Å². The van der Waals surface area contributed by atoms with Gasteiger partial charge >= 0.3 is 0 Å². The van der Waals surface area contributed by atoms with Crippen LogP contribution in [0.2, 0.25) is 0 Å². The second kappa shape index (κ2) is 6.24. The molecule has 2 atom stereocenters. The molecule has 19 heavy (non-hydrogen) atoms. The lowest BCUT2D eigenvalue weighted by atomic mass is 9.86. The number of hydrogen-bond donors (Lipinski definition) is 3. The third kappa shape index (κ3) is 3.83. The van der Waals surface area contributed by atoms with Crippen LogP contribution < -0.4 is 10.6 Å². The summed E-state index contributed by atoms with van der Waals surface area (Å²) in [6.45, 7) is 4.21. The van der Waals surface area contributed by atoms with Gasteiger partial charge in [-0.25, -0.2) is 0 Å². The van der Waals surface area contributed by atoms with Gasteiger partial charge in [-0.3, -0.25) is 0 Å². The molecule has 0 bridgehead atoms. The minimum absolute atomic E-state index is 0.237. The van der Waals surface area contributed by atoms with E-state index in [4.69, 9.17) is 12.2 Å². The van der Waals surface area contributed by atoms with Crippen LogP contribution in [0.1, 0.15) is 38.2 Å². The maximum Gasteiger partial charge on any atom is 0.171 e. The maximum absolute atomic E-state index is 9.85. The van der Waals surface area contributed by atoms with Crippen LogP contribution in [0.4, 0.5) is 5.69 Å². The largest absolute Gasteiger partial charge is 0.506 e. The molecule has 1 aliphatic carbocycles. The fraction of sp³-hybridized carbons (Fsp3) is 0.533. The molecule has 3 nitrogen and oxygen atoms in total. The molecule has 2 rings (SSSR count). The lowest BCUT2D eigenvalue weighted by molar-refractivity contribution is 0.309. The van der Waals surface area contributed by atoms with Crippen LogP contribution in [0, 0.1) is 12.8 Å². The third-order valence-corrected chi connectivity index (χ3v) is 4.05. The summed E-state index contributed by atoms with van der Waals surface area (Å²) in [6.07, 6.45) is 5.01. The molecule has 1 saturated carbocycles. The van der Waals surface area contributed by atoms with Gasteiger partial charge in [0.05, 0.1) is 5.69 Å². The Morgan fingerprint density at radius 1 is 1.32 bits per heavy atom. The number of anilines is 1. The molecule has 0 amide bonds. The number of phenols is 1. The van der Waals surface area contributed by atoms with Crippen LogP contribution in [-0.2, 0) is 0 Å². The van der Waals surface area contributed by atoms with E-state index >= 15 is 0 Å². The molecule has 0 heterocycles. The molecule has 1 fully saturated rings. The first kappa shape index (κ1) is 14.1. The summed E-state index contributed by atoms with van der Waals surface area (Å²) in [5.41, 5.74) is 1.69. The highest BCUT2D eigenvalue weighted by atomic mass is 32.1. The van der Waals surface area contributed by atoms with E-state index in [9.17, 15) is 5.11 Å². The van der Waals surface area contributed by atoms with Crippen LogP contribution in [-0.4, -0.2) is 16.3 Å². The number of aromatic hydroxyl groups is 1. The predicted molar refractivity (Wildman–Crippen MR) is 83.6 cm³/mol. The van der Waals surface area contributed by atoms with Crippen LogP contribution in [0.15, 0.2) is 18.2 Å². The second-order valence-electron chi connectivity index (χ2n) is 5.49. The van der Waals surface area contributed by atoms with E-state index in [-0.39, 0.29) is 5.75 Å². The number of phenolic OH excluding ortho intramolecular Hbond substituents is 1. The smallest absolute Gasteiger partial charge is 0.171 e. The Kier molecular flexibility index (Phi) is 4.64. The number of thiocarbonyl (C=S) groups is 1. The highest BCUT2D eigenvalue weighted by molar-refractivity contribution is 7.80. The van der Waals surface area contributed by atoms with Crippen molar-refractivity contribution in [2.75, 3.05) is 5.32 Å². The van der Waals surface area contributed by atoms with Crippen molar-refractivity contribution in [1.82, 2.24) is 5.32 Å². The molecule has 1 aromatic rings. The minimum Gasteiger partial charge on any atom is -0.506 e. The van der Waals surface area contributed by atoms with E-state index in [1.807, 2.05) is 19.1 Å². The molecule has 0 saturated heterocycles. The van der Waals surface area contributed by atoms with Gasteiger partial charge in [0.2, 0.25) is 0 Å². The van der Waals surface area contributed by atoms with E-state index < -0.39 is 0 Å². The summed E-state index contributed by atoms with van der Waals surface area (Å²) < 4.78 is 0. The number of aryl methyl sites for hydroxylation is 1. The molecule has 0 aromatic heterocycles. The molecule has 0 spiro atoms. The van der Waals surface area contributed by atoms with Crippen molar-refractivity contribution >= 4 is 23.0 Å². The van der Waals surface area contributed by atoms with Gasteiger partial charge in [-0.05, 0) is 55.6 Å². The van der Waals surface area contributed by atoms with Crippen LogP contribution in [0.5, 0.6) is 5.75 Å². The summed E-state index contributed by atoms with van der Waals surface area (Å²) in [7, 11) is 0. The molecule has 0 aliphatic heterocycles. The average molecular weight is 278 g/mol.